The summed E-state index contributed by atoms with van der Waals surface area (Å²) >= 11 is 0. The second-order valence-corrected chi connectivity index (χ2v) is 8.97. The highest BCUT2D eigenvalue weighted by Gasteiger charge is 2.28. The number of amides is 2. The molecule has 2 N–H and O–H groups in total. The summed E-state index contributed by atoms with van der Waals surface area (Å²) in [6.45, 7) is 0.0905. The average molecular weight is 531 g/mol. The predicted octanol–water partition coefficient (Wildman–Crippen LogP) is 3.56. The number of hydrogen-bond donors (Lipinski definition) is 2. The molecule has 9 nitrogen and oxygen atoms in total. The first-order valence-electron chi connectivity index (χ1n) is 12.7. The minimum absolute atomic E-state index is 0.0905. The van der Waals surface area contributed by atoms with Crippen molar-refractivity contribution in [2.75, 3.05) is 0 Å². The quantitative estimate of drug-likeness (QED) is 0.267. The standard InChI is InChI=1S/C31H26N6O3/c38-28(31(40)34-21-24-14-7-8-17-32-24)27(20-22-10-3-1-4-11-22)35-30(39)25-15-9-18-33-29(25)37-19-16-26(36-37)23-12-5-2-6-13-23/h1-19,27H,20-21H2,(H,34,40)(H,35,39)/t27-/m0/s1. The minimum atomic E-state index is -1.11. The van der Waals surface area contributed by atoms with Crippen LogP contribution in [0.5, 0.6) is 0 Å². The summed E-state index contributed by atoms with van der Waals surface area (Å²) in [5.41, 5.74) is 3.27. The van der Waals surface area contributed by atoms with Gasteiger partial charge in [-0.3, -0.25) is 19.4 Å². The first-order chi connectivity index (χ1) is 19.6. The molecule has 0 bridgehead atoms. The molecule has 2 aromatic carbocycles. The topological polar surface area (TPSA) is 119 Å². The minimum Gasteiger partial charge on any atom is -0.344 e. The molecule has 3 heterocycles. The average Bonchev–Trinajstić information content (AvgIpc) is 3.51. The van der Waals surface area contributed by atoms with Gasteiger partial charge >= 0.3 is 0 Å². The van der Waals surface area contributed by atoms with Gasteiger partial charge in [-0.2, -0.15) is 5.10 Å². The molecule has 5 aromatic rings. The van der Waals surface area contributed by atoms with Gasteiger partial charge in [0.15, 0.2) is 5.82 Å². The Bertz CT molecular complexity index is 1600. The molecular weight excluding hydrogens is 504 g/mol. The van der Waals surface area contributed by atoms with Crippen LogP contribution in [0.3, 0.4) is 0 Å². The first-order valence-corrected chi connectivity index (χ1v) is 12.7. The lowest BCUT2D eigenvalue weighted by molar-refractivity contribution is -0.139. The van der Waals surface area contributed by atoms with Gasteiger partial charge in [0.1, 0.15) is 6.04 Å². The number of Topliss-reactive ketones (excluding diaryl/α,β-unsaturated/α-hetero) is 1. The van der Waals surface area contributed by atoms with Crippen molar-refractivity contribution in [2.24, 2.45) is 0 Å². The number of benzene rings is 2. The maximum absolute atomic E-state index is 13.5. The smallest absolute Gasteiger partial charge is 0.289 e. The van der Waals surface area contributed by atoms with Gasteiger partial charge in [-0.05, 0) is 35.9 Å². The van der Waals surface area contributed by atoms with Gasteiger partial charge < -0.3 is 10.6 Å². The number of aromatic nitrogens is 4. The van der Waals surface area contributed by atoms with Gasteiger partial charge in [-0.25, -0.2) is 9.67 Å². The van der Waals surface area contributed by atoms with Crippen LogP contribution in [0.25, 0.3) is 17.1 Å². The monoisotopic (exact) mass is 530 g/mol. The molecule has 0 spiro atoms. The maximum atomic E-state index is 13.5. The highest BCUT2D eigenvalue weighted by Crippen LogP contribution is 2.19. The lowest BCUT2D eigenvalue weighted by Crippen LogP contribution is -2.48. The molecule has 0 radical (unpaired) electrons. The number of rotatable bonds is 10. The molecule has 198 valence electrons. The van der Waals surface area contributed by atoms with Crippen LogP contribution >= 0.6 is 0 Å². The normalized spacial score (nSPS) is 11.4. The SMILES string of the molecule is O=C(NCc1ccccn1)C(=O)[C@H](Cc1ccccc1)NC(=O)c1cccnc1-n1ccc(-c2ccccc2)n1. The van der Waals surface area contributed by atoms with E-state index in [1.165, 1.54) is 4.68 Å². The summed E-state index contributed by atoms with van der Waals surface area (Å²) in [6, 6.07) is 28.1. The molecule has 3 aromatic heterocycles. The molecule has 2 amide bonds. The summed E-state index contributed by atoms with van der Waals surface area (Å²) < 4.78 is 1.52. The summed E-state index contributed by atoms with van der Waals surface area (Å²) in [5.74, 6) is -1.82. The van der Waals surface area contributed by atoms with Crippen molar-refractivity contribution in [2.45, 2.75) is 19.0 Å². The van der Waals surface area contributed by atoms with Crippen LogP contribution in [0, 0.1) is 0 Å². The summed E-state index contributed by atoms with van der Waals surface area (Å²) in [4.78, 5) is 48.2. The molecule has 5 rings (SSSR count). The van der Waals surface area contributed by atoms with E-state index in [4.69, 9.17) is 0 Å². The van der Waals surface area contributed by atoms with E-state index >= 15 is 0 Å². The fourth-order valence-electron chi connectivity index (χ4n) is 4.18. The Morgan fingerprint density at radius 3 is 2.25 bits per heavy atom. The summed E-state index contributed by atoms with van der Waals surface area (Å²) in [7, 11) is 0. The highest BCUT2D eigenvalue weighted by atomic mass is 16.2. The van der Waals surface area contributed by atoms with Crippen molar-refractivity contribution < 1.29 is 14.4 Å². The van der Waals surface area contributed by atoms with Gasteiger partial charge in [-0.1, -0.05) is 66.7 Å². The number of hydrogen-bond acceptors (Lipinski definition) is 6. The fraction of sp³-hybridized carbons (Fsp3) is 0.0968. The molecule has 0 saturated carbocycles. The molecule has 9 heteroatoms. The third-order valence-corrected chi connectivity index (χ3v) is 6.19. The van der Waals surface area contributed by atoms with E-state index in [-0.39, 0.29) is 18.5 Å². The predicted molar refractivity (Wildman–Crippen MR) is 149 cm³/mol. The number of ketones is 1. The lowest BCUT2D eigenvalue weighted by Gasteiger charge is -2.18. The third-order valence-electron chi connectivity index (χ3n) is 6.19. The Balaban J connectivity index is 1.37. The van der Waals surface area contributed by atoms with Crippen LogP contribution in [0.1, 0.15) is 21.6 Å². The van der Waals surface area contributed by atoms with E-state index < -0.39 is 23.6 Å². The fourth-order valence-corrected chi connectivity index (χ4v) is 4.18. The van der Waals surface area contributed by atoms with Gasteiger partial charge in [-0.15, -0.1) is 0 Å². The van der Waals surface area contributed by atoms with Crippen LogP contribution in [0.4, 0.5) is 0 Å². The molecule has 0 aliphatic rings. The number of carbonyl (C=O) groups excluding carboxylic acids is 3. The second kappa shape index (κ2) is 12.4. The van der Waals surface area contributed by atoms with Crippen molar-refractivity contribution in [3.63, 3.8) is 0 Å². The third kappa shape index (κ3) is 6.33. The Kier molecular flexibility index (Phi) is 8.12. The molecule has 0 aliphatic carbocycles. The Hall–Kier alpha value is -5.44. The Labute approximate surface area is 230 Å². The molecule has 0 unspecified atom stereocenters. The highest BCUT2D eigenvalue weighted by molar-refractivity contribution is 6.38. The molecule has 1 atom stereocenters. The van der Waals surface area contributed by atoms with Crippen LogP contribution in [-0.4, -0.2) is 43.4 Å². The number of carbonyl (C=O) groups is 3. The number of nitrogens with one attached hydrogen (secondary N) is 2. The number of nitrogens with zero attached hydrogens (tertiary/aromatic N) is 4. The van der Waals surface area contributed by atoms with E-state index in [0.717, 1.165) is 16.8 Å². The van der Waals surface area contributed by atoms with E-state index in [2.05, 4.69) is 25.7 Å². The molecule has 0 saturated heterocycles. The first kappa shape index (κ1) is 26.2. The van der Waals surface area contributed by atoms with Crippen molar-refractivity contribution >= 4 is 17.6 Å². The van der Waals surface area contributed by atoms with Gasteiger partial charge in [0.05, 0.1) is 23.5 Å². The van der Waals surface area contributed by atoms with Gasteiger partial charge in [0.25, 0.3) is 11.8 Å². The van der Waals surface area contributed by atoms with Crippen LogP contribution < -0.4 is 10.6 Å². The Morgan fingerprint density at radius 2 is 1.50 bits per heavy atom. The zero-order chi connectivity index (χ0) is 27.7. The van der Waals surface area contributed by atoms with Crippen LogP contribution in [-0.2, 0) is 22.6 Å². The zero-order valence-corrected chi connectivity index (χ0v) is 21.5. The maximum Gasteiger partial charge on any atom is 0.289 e. The second-order valence-electron chi connectivity index (χ2n) is 8.97. The van der Waals surface area contributed by atoms with Crippen LogP contribution in [0.2, 0.25) is 0 Å². The molecule has 0 fully saturated rings. The summed E-state index contributed by atoms with van der Waals surface area (Å²) in [5, 5.41) is 9.96. The van der Waals surface area contributed by atoms with Crippen LogP contribution in [0.15, 0.2) is 116 Å². The van der Waals surface area contributed by atoms with Crippen molar-refractivity contribution in [3.05, 3.63) is 132 Å². The zero-order valence-electron chi connectivity index (χ0n) is 21.5. The molecule has 40 heavy (non-hydrogen) atoms. The lowest BCUT2D eigenvalue weighted by atomic mass is 10.0. The molecular formula is C31H26N6O3. The van der Waals surface area contributed by atoms with E-state index in [1.54, 1.807) is 48.9 Å². The van der Waals surface area contributed by atoms with E-state index in [0.29, 0.717) is 11.5 Å². The van der Waals surface area contributed by atoms with Crippen molar-refractivity contribution in [1.29, 1.82) is 0 Å². The van der Waals surface area contributed by atoms with Crippen molar-refractivity contribution in [3.8, 4) is 17.1 Å². The van der Waals surface area contributed by atoms with E-state index in [9.17, 15) is 14.4 Å². The van der Waals surface area contributed by atoms with Gasteiger partial charge in [0, 0.05) is 30.6 Å². The van der Waals surface area contributed by atoms with E-state index in [1.807, 2.05) is 66.7 Å². The largest absolute Gasteiger partial charge is 0.344 e. The summed E-state index contributed by atoms with van der Waals surface area (Å²) in [6.07, 6.45) is 5.03. The van der Waals surface area contributed by atoms with Gasteiger partial charge in [0.2, 0.25) is 5.78 Å². The van der Waals surface area contributed by atoms with Crippen molar-refractivity contribution in [1.82, 2.24) is 30.4 Å². The molecule has 0 aliphatic heterocycles. The Morgan fingerprint density at radius 1 is 0.775 bits per heavy atom. The number of pyridine rings is 2.